The molecule has 0 aromatic rings. The minimum Gasteiger partial charge on any atom is -0.462 e. The van der Waals surface area contributed by atoms with Crippen molar-refractivity contribution in [3.05, 3.63) is 0 Å². The first-order chi connectivity index (χ1) is 23.9. The third-order valence-corrected chi connectivity index (χ3v) is 9.54. The SMILES string of the molecule is CCCCCCCCCCCC(=O)O[C@H](COC(=O)CCCCCCC)COC(=O)CCCCCCCCCCCCCCCCC(C)C. The van der Waals surface area contributed by atoms with Crippen molar-refractivity contribution in [2.75, 3.05) is 13.2 Å². The van der Waals surface area contributed by atoms with E-state index >= 15 is 0 Å². The Hall–Kier alpha value is -1.59. The number of hydrogen-bond acceptors (Lipinski definition) is 6. The van der Waals surface area contributed by atoms with Gasteiger partial charge in [-0.3, -0.25) is 14.4 Å². The van der Waals surface area contributed by atoms with Crippen LogP contribution >= 0.6 is 0 Å². The summed E-state index contributed by atoms with van der Waals surface area (Å²) >= 11 is 0. The highest BCUT2D eigenvalue weighted by Gasteiger charge is 2.19. The van der Waals surface area contributed by atoms with Gasteiger partial charge in [-0.25, -0.2) is 0 Å². The van der Waals surface area contributed by atoms with Crippen LogP contribution in [0.5, 0.6) is 0 Å². The lowest BCUT2D eigenvalue weighted by atomic mass is 10.0. The molecule has 1 atom stereocenters. The highest BCUT2D eigenvalue weighted by Crippen LogP contribution is 2.16. The van der Waals surface area contributed by atoms with Crippen molar-refractivity contribution >= 4 is 17.9 Å². The summed E-state index contributed by atoms with van der Waals surface area (Å²) in [4.78, 5) is 37.3. The predicted octanol–water partition coefficient (Wildman–Crippen LogP) is 13.2. The van der Waals surface area contributed by atoms with Gasteiger partial charge in [0.1, 0.15) is 13.2 Å². The normalized spacial score (nSPS) is 11.9. The van der Waals surface area contributed by atoms with Crippen molar-refractivity contribution in [2.45, 2.75) is 239 Å². The van der Waals surface area contributed by atoms with Crippen LogP contribution in [0.15, 0.2) is 0 Å². The Balaban J connectivity index is 4.13. The second-order valence-corrected chi connectivity index (χ2v) is 15.1. The number of hydrogen-bond donors (Lipinski definition) is 0. The summed E-state index contributed by atoms with van der Waals surface area (Å²) in [5, 5.41) is 0. The molecule has 290 valence electrons. The van der Waals surface area contributed by atoms with Crippen LogP contribution in [-0.4, -0.2) is 37.2 Å². The minimum absolute atomic E-state index is 0.0652. The summed E-state index contributed by atoms with van der Waals surface area (Å²) in [6.45, 7) is 8.90. The van der Waals surface area contributed by atoms with Gasteiger partial charge in [-0.05, 0) is 25.2 Å². The Bertz CT molecular complexity index is 736. The molecular formula is C43H82O6. The summed E-state index contributed by atoms with van der Waals surface area (Å²) in [7, 11) is 0. The fraction of sp³-hybridized carbons (Fsp3) is 0.930. The van der Waals surface area contributed by atoms with Gasteiger partial charge in [-0.2, -0.15) is 0 Å². The van der Waals surface area contributed by atoms with Gasteiger partial charge in [0.15, 0.2) is 6.10 Å². The quantitative estimate of drug-likeness (QED) is 0.0364. The maximum absolute atomic E-state index is 12.6. The minimum atomic E-state index is -0.756. The molecule has 0 radical (unpaired) electrons. The van der Waals surface area contributed by atoms with E-state index < -0.39 is 6.10 Å². The van der Waals surface area contributed by atoms with E-state index in [9.17, 15) is 14.4 Å². The molecule has 0 aliphatic rings. The second kappa shape index (κ2) is 37.7. The molecule has 0 saturated carbocycles. The number of esters is 3. The molecule has 0 aliphatic carbocycles. The number of carbonyl (C=O) groups is 3. The molecule has 0 aliphatic heterocycles. The fourth-order valence-corrected chi connectivity index (χ4v) is 6.27. The van der Waals surface area contributed by atoms with Gasteiger partial charge in [0.05, 0.1) is 0 Å². The Morgan fingerprint density at radius 2 is 0.673 bits per heavy atom. The molecule has 0 spiro atoms. The Morgan fingerprint density at radius 1 is 0.388 bits per heavy atom. The number of carbonyl (C=O) groups excluding carboxylic acids is 3. The van der Waals surface area contributed by atoms with E-state index in [1.54, 1.807) is 0 Å². The Morgan fingerprint density at radius 3 is 1.00 bits per heavy atom. The molecule has 0 saturated heterocycles. The van der Waals surface area contributed by atoms with E-state index in [-0.39, 0.29) is 31.1 Å². The maximum Gasteiger partial charge on any atom is 0.306 e. The van der Waals surface area contributed by atoms with Gasteiger partial charge in [-0.15, -0.1) is 0 Å². The zero-order chi connectivity index (χ0) is 36.0. The summed E-state index contributed by atoms with van der Waals surface area (Å²) in [5.41, 5.74) is 0. The highest BCUT2D eigenvalue weighted by molar-refractivity contribution is 5.71. The van der Waals surface area contributed by atoms with E-state index in [1.807, 2.05) is 0 Å². The molecule has 0 aromatic carbocycles. The van der Waals surface area contributed by atoms with E-state index in [4.69, 9.17) is 14.2 Å². The smallest absolute Gasteiger partial charge is 0.306 e. The van der Waals surface area contributed by atoms with E-state index in [0.29, 0.717) is 19.3 Å². The molecule has 0 rings (SSSR count). The molecule has 0 heterocycles. The molecule has 0 bridgehead atoms. The monoisotopic (exact) mass is 695 g/mol. The van der Waals surface area contributed by atoms with Gasteiger partial charge in [-0.1, -0.05) is 195 Å². The Kier molecular flexibility index (Phi) is 36.4. The molecule has 49 heavy (non-hydrogen) atoms. The van der Waals surface area contributed by atoms with Gasteiger partial charge >= 0.3 is 17.9 Å². The third kappa shape index (κ3) is 37.5. The van der Waals surface area contributed by atoms with E-state index in [2.05, 4.69) is 27.7 Å². The van der Waals surface area contributed by atoms with Crippen LogP contribution < -0.4 is 0 Å². The van der Waals surface area contributed by atoms with Crippen molar-refractivity contribution in [1.29, 1.82) is 0 Å². The van der Waals surface area contributed by atoms with Crippen LogP contribution in [0.3, 0.4) is 0 Å². The number of rotatable bonds is 38. The largest absolute Gasteiger partial charge is 0.462 e. The first-order valence-corrected chi connectivity index (χ1v) is 21.4. The first kappa shape index (κ1) is 47.4. The third-order valence-electron chi connectivity index (χ3n) is 9.54. The van der Waals surface area contributed by atoms with Gasteiger partial charge in [0.25, 0.3) is 0 Å². The van der Waals surface area contributed by atoms with Crippen LogP contribution in [0.4, 0.5) is 0 Å². The summed E-state index contributed by atoms with van der Waals surface area (Å²) in [6.07, 6.45) is 35.5. The van der Waals surface area contributed by atoms with Crippen LogP contribution in [0.1, 0.15) is 233 Å². The van der Waals surface area contributed by atoms with Gasteiger partial charge < -0.3 is 14.2 Å². The zero-order valence-corrected chi connectivity index (χ0v) is 33.1. The first-order valence-electron chi connectivity index (χ1n) is 21.4. The van der Waals surface area contributed by atoms with Gasteiger partial charge in [0.2, 0.25) is 0 Å². The molecule has 0 aromatic heterocycles. The van der Waals surface area contributed by atoms with E-state index in [1.165, 1.54) is 122 Å². The van der Waals surface area contributed by atoms with Crippen molar-refractivity contribution in [2.24, 2.45) is 5.92 Å². The molecular weight excluding hydrogens is 612 g/mol. The van der Waals surface area contributed by atoms with Crippen LogP contribution in [0, 0.1) is 5.92 Å². The van der Waals surface area contributed by atoms with Crippen molar-refractivity contribution in [1.82, 2.24) is 0 Å². The molecule has 0 N–H and O–H groups in total. The van der Waals surface area contributed by atoms with Crippen molar-refractivity contribution in [3.8, 4) is 0 Å². The molecule has 0 unspecified atom stereocenters. The van der Waals surface area contributed by atoms with Crippen molar-refractivity contribution < 1.29 is 28.6 Å². The molecule has 6 nitrogen and oxygen atoms in total. The lowest BCUT2D eigenvalue weighted by molar-refractivity contribution is -0.167. The summed E-state index contributed by atoms with van der Waals surface area (Å²) in [6, 6.07) is 0. The topological polar surface area (TPSA) is 78.9 Å². The van der Waals surface area contributed by atoms with E-state index in [0.717, 1.165) is 70.1 Å². The number of unbranched alkanes of at least 4 members (excludes halogenated alkanes) is 25. The van der Waals surface area contributed by atoms with Gasteiger partial charge in [0, 0.05) is 19.3 Å². The molecule has 6 heteroatoms. The average molecular weight is 695 g/mol. The molecule has 0 fully saturated rings. The van der Waals surface area contributed by atoms with Crippen LogP contribution in [0.2, 0.25) is 0 Å². The average Bonchev–Trinajstić information content (AvgIpc) is 3.08. The lowest BCUT2D eigenvalue weighted by Crippen LogP contribution is -2.30. The standard InChI is InChI=1S/C43H82O6/c1-5-7-9-11-12-19-24-28-32-36-43(46)49-40(37-47-41(44)34-30-25-10-8-6-2)38-48-42(45)35-31-27-23-21-18-16-14-13-15-17-20-22-26-29-33-39(3)4/h39-40H,5-38H2,1-4H3/t40-/m1/s1. The summed E-state index contributed by atoms with van der Waals surface area (Å²) in [5.74, 6) is -0.0299. The highest BCUT2D eigenvalue weighted by atomic mass is 16.6. The second-order valence-electron chi connectivity index (χ2n) is 15.1. The number of ether oxygens (including phenoxy) is 3. The van der Waals surface area contributed by atoms with Crippen LogP contribution in [0.25, 0.3) is 0 Å². The maximum atomic E-state index is 12.6. The summed E-state index contributed by atoms with van der Waals surface area (Å²) < 4.78 is 16.5. The van der Waals surface area contributed by atoms with Crippen LogP contribution in [-0.2, 0) is 28.6 Å². The Labute approximate surface area is 304 Å². The fourth-order valence-electron chi connectivity index (χ4n) is 6.27. The lowest BCUT2D eigenvalue weighted by Gasteiger charge is -2.18. The van der Waals surface area contributed by atoms with Crippen molar-refractivity contribution in [3.63, 3.8) is 0 Å². The molecule has 0 amide bonds. The predicted molar refractivity (Wildman–Crippen MR) is 206 cm³/mol. The zero-order valence-electron chi connectivity index (χ0n) is 33.1.